The first-order chi connectivity index (χ1) is 9.60. The Hall–Kier alpha value is -1.50. The van der Waals surface area contributed by atoms with Crippen LogP contribution in [0.3, 0.4) is 0 Å². The molecule has 0 fully saturated rings. The van der Waals surface area contributed by atoms with Crippen LogP contribution in [0.1, 0.15) is 33.3 Å². The van der Waals surface area contributed by atoms with Gasteiger partial charge in [-0.25, -0.2) is 4.79 Å². The van der Waals surface area contributed by atoms with E-state index in [9.17, 15) is 13.9 Å². The van der Waals surface area contributed by atoms with Crippen molar-refractivity contribution in [2.45, 2.75) is 44.3 Å². The van der Waals surface area contributed by atoms with Gasteiger partial charge in [0.05, 0.1) is 0 Å². The lowest BCUT2D eigenvalue weighted by Gasteiger charge is -2.29. The summed E-state index contributed by atoms with van der Waals surface area (Å²) in [5, 5.41) is 1.35. The maximum Gasteiger partial charge on any atom is 0.347 e. The second-order valence-corrected chi connectivity index (χ2v) is 7.73. The molecule has 1 unspecified atom stereocenters. The fourth-order valence-electron chi connectivity index (χ4n) is 1.94. The molecule has 0 saturated carbocycles. The number of esters is 1. The molecule has 1 atom stereocenters. The summed E-state index contributed by atoms with van der Waals surface area (Å²) in [5.41, 5.74) is 0.0848. The van der Waals surface area contributed by atoms with Gasteiger partial charge in [0.2, 0.25) is 0 Å². The Labute approximate surface area is 125 Å². The molecule has 6 heteroatoms. The summed E-state index contributed by atoms with van der Waals surface area (Å²) in [6, 6.07) is 5.11. The average molecular weight is 312 g/mol. The molecule has 1 aliphatic rings. The summed E-state index contributed by atoms with van der Waals surface area (Å²) >= 11 is 0. The number of ether oxygens (including phenoxy) is 2. The fraction of sp³-hybridized carbons (Fsp3) is 0.400. The van der Waals surface area contributed by atoms with Crippen molar-refractivity contribution in [3.8, 4) is 5.75 Å². The largest absolute Gasteiger partial charge is 0.477 e. The molecule has 2 rings (SSSR count). The van der Waals surface area contributed by atoms with Crippen LogP contribution < -0.4 is 4.74 Å². The molecule has 0 aliphatic carbocycles. The van der Waals surface area contributed by atoms with Crippen LogP contribution in [0.5, 0.6) is 5.75 Å². The molecule has 2 N–H and O–H groups in total. The van der Waals surface area contributed by atoms with Crippen LogP contribution in [-0.2, 0) is 9.53 Å². The Morgan fingerprint density at radius 2 is 1.95 bits per heavy atom. The van der Waals surface area contributed by atoms with E-state index in [-0.39, 0.29) is 5.75 Å². The summed E-state index contributed by atoms with van der Waals surface area (Å²) in [4.78, 5) is 12.3. The highest BCUT2D eigenvalue weighted by molar-refractivity contribution is 8.27. The lowest BCUT2D eigenvalue weighted by atomic mass is 10.2. The van der Waals surface area contributed by atoms with E-state index >= 15 is 0 Å². The van der Waals surface area contributed by atoms with Crippen molar-refractivity contribution in [3.05, 3.63) is 29.2 Å². The molecular weight excluding hydrogens is 292 g/mol. The highest BCUT2D eigenvalue weighted by Gasteiger charge is 2.29. The molecule has 0 aromatic heterocycles. The minimum Gasteiger partial charge on any atom is -0.477 e. The van der Waals surface area contributed by atoms with E-state index in [1.165, 1.54) is 5.41 Å². The molecule has 0 spiro atoms. The van der Waals surface area contributed by atoms with Gasteiger partial charge < -0.3 is 9.47 Å². The molecule has 1 aromatic rings. The minimum atomic E-state index is -3.00. The summed E-state index contributed by atoms with van der Waals surface area (Å²) < 4.78 is 30.9. The van der Waals surface area contributed by atoms with Crippen molar-refractivity contribution in [1.29, 1.82) is 0 Å². The predicted molar refractivity (Wildman–Crippen MR) is 82.5 cm³/mol. The van der Waals surface area contributed by atoms with E-state index in [0.29, 0.717) is 10.5 Å². The first-order valence-electron chi connectivity index (χ1n) is 6.59. The maximum atomic E-state index is 11.9. The van der Waals surface area contributed by atoms with Gasteiger partial charge >= 0.3 is 5.97 Å². The van der Waals surface area contributed by atoms with Gasteiger partial charge in [0.25, 0.3) is 0 Å². The van der Waals surface area contributed by atoms with Crippen molar-refractivity contribution in [1.82, 2.24) is 0 Å². The van der Waals surface area contributed by atoms with E-state index < -0.39 is 28.3 Å². The monoisotopic (exact) mass is 312 g/mol. The Bertz CT molecular complexity index is 586. The zero-order valence-electron chi connectivity index (χ0n) is 12.5. The molecule has 0 amide bonds. The van der Waals surface area contributed by atoms with Crippen LogP contribution in [0.4, 0.5) is 0 Å². The van der Waals surface area contributed by atoms with Crippen molar-refractivity contribution < 1.29 is 23.4 Å². The lowest BCUT2D eigenvalue weighted by Crippen LogP contribution is -2.33. The third kappa shape index (κ3) is 3.58. The van der Waals surface area contributed by atoms with Gasteiger partial charge in [-0.3, -0.25) is 9.11 Å². The average Bonchev–Trinajstić information content (AvgIpc) is 2.64. The number of carbonyl (C=O) groups excluding carboxylic acids is 1. The Morgan fingerprint density at radius 1 is 1.29 bits per heavy atom. The van der Waals surface area contributed by atoms with Gasteiger partial charge in [-0.1, -0.05) is 12.1 Å². The molecule has 0 radical (unpaired) electrons. The van der Waals surface area contributed by atoms with Gasteiger partial charge in [0, 0.05) is 11.0 Å². The van der Waals surface area contributed by atoms with Crippen LogP contribution in [0.15, 0.2) is 28.5 Å². The number of rotatable bonds is 3. The molecule has 1 heterocycles. The first-order valence-corrected chi connectivity index (χ1v) is 8.20. The van der Waals surface area contributed by atoms with Gasteiger partial charge in [-0.15, -0.1) is 10.6 Å². The summed E-state index contributed by atoms with van der Waals surface area (Å²) in [7, 11) is -3.00. The molecule has 1 aliphatic heterocycles. The van der Waals surface area contributed by atoms with E-state index in [4.69, 9.17) is 9.47 Å². The van der Waals surface area contributed by atoms with Crippen molar-refractivity contribution >= 4 is 22.6 Å². The molecule has 116 valence electrons. The third-order valence-corrected chi connectivity index (χ3v) is 4.34. The van der Waals surface area contributed by atoms with Crippen molar-refractivity contribution in [2.24, 2.45) is 0 Å². The number of fused-ring (bicyclic) bond motifs is 1. The smallest absolute Gasteiger partial charge is 0.347 e. The minimum absolute atomic E-state index is 0.288. The Kier molecular flexibility index (Phi) is 4.06. The van der Waals surface area contributed by atoms with E-state index in [1.807, 2.05) is 0 Å². The number of benzene rings is 1. The van der Waals surface area contributed by atoms with Gasteiger partial charge in [-0.2, -0.15) is 0 Å². The zero-order chi connectivity index (χ0) is 15.8. The van der Waals surface area contributed by atoms with Gasteiger partial charge in [0.1, 0.15) is 16.2 Å². The van der Waals surface area contributed by atoms with E-state index in [2.05, 4.69) is 0 Å². The lowest BCUT2D eigenvalue weighted by molar-refractivity contribution is -0.162. The summed E-state index contributed by atoms with van der Waals surface area (Å²) in [6.45, 7) is 6.90. The highest BCUT2D eigenvalue weighted by atomic mass is 32.3. The number of hydrogen-bond acceptors (Lipinski definition) is 5. The number of carbonyl (C=O) groups is 1. The standard InChI is InChI=1S/C15H20O5S/c1-10(14(16)20-15(2,3)4)19-12-7-5-6-11-8-9-21(17,18)13(11)12/h5-10,17-18H,1-4H3. The quantitative estimate of drug-likeness (QED) is 0.828. The molecular formula is C15H20O5S. The highest BCUT2D eigenvalue weighted by Crippen LogP contribution is 2.59. The molecule has 0 saturated heterocycles. The number of hydrogen-bond donors (Lipinski definition) is 2. The van der Waals surface area contributed by atoms with Gasteiger partial charge in [-0.05, 0) is 39.8 Å². The second kappa shape index (κ2) is 5.36. The Balaban J connectivity index is 2.19. The van der Waals surface area contributed by atoms with Crippen molar-refractivity contribution in [3.63, 3.8) is 0 Å². The predicted octanol–water partition coefficient (Wildman–Crippen LogP) is 3.89. The first kappa shape index (κ1) is 15.9. The summed E-state index contributed by atoms with van der Waals surface area (Å²) in [6.07, 6.45) is 0.793. The molecule has 1 aromatic carbocycles. The SMILES string of the molecule is CC(Oc1cccc2c1S(O)(O)C=C2)C(=O)OC(C)(C)C. The van der Waals surface area contributed by atoms with Crippen LogP contribution >= 0.6 is 10.6 Å². The van der Waals surface area contributed by atoms with Crippen LogP contribution in [0.2, 0.25) is 0 Å². The van der Waals surface area contributed by atoms with Gasteiger partial charge in [0.15, 0.2) is 6.10 Å². The topological polar surface area (TPSA) is 76.0 Å². The van der Waals surface area contributed by atoms with E-state index in [1.54, 1.807) is 52.0 Å². The Morgan fingerprint density at radius 3 is 2.57 bits per heavy atom. The van der Waals surface area contributed by atoms with Crippen LogP contribution in [-0.4, -0.2) is 26.8 Å². The molecule has 0 bridgehead atoms. The van der Waals surface area contributed by atoms with Crippen LogP contribution in [0, 0.1) is 0 Å². The zero-order valence-corrected chi connectivity index (χ0v) is 13.3. The normalized spacial score (nSPS) is 18.8. The molecule has 5 nitrogen and oxygen atoms in total. The van der Waals surface area contributed by atoms with Crippen molar-refractivity contribution in [2.75, 3.05) is 0 Å². The van der Waals surface area contributed by atoms with E-state index in [0.717, 1.165) is 0 Å². The second-order valence-electron chi connectivity index (χ2n) is 5.86. The fourth-order valence-corrected chi connectivity index (χ4v) is 3.31. The van der Waals surface area contributed by atoms with Crippen LogP contribution in [0.25, 0.3) is 6.08 Å². The maximum absolute atomic E-state index is 11.9. The summed E-state index contributed by atoms with van der Waals surface area (Å²) in [5.74, 6) is -0.210. The molecule has 21 heavy (non-hydrogen) atoms. The third-order valence-electron chi connectivity index (χ3n) is 2.79.